The average molecular weight is 365 g/mol. The van der Waals surface area contributed by atoms with Gasteiger partial charge in [0.15, 0.2) is 11.5 Å². The number of hydrogen-bond donors (Lipinski definition) is 2. The molecule has 0 saturated heterocycles. The van der Waals surface area contributed by atoms with Gasteiger partial charge in [0, 0.05) is 25.0 Å². The fourth-order valence-electron chi connectivity index (χ4n) is 1.99. The van der Waals surface area contributed by atoms with Gasteiger partial charge in [-0.05, 0) is 23.8 Å². The van der Waals surface area contributed by atoms with Crippen molar-refractivity contribution in [1.29, 1.82) is 0 Å². The number of sulfonamides is 1. The summed E-state index contributed by atoms with van der Waals surface area (Å²) >= 11 is 0. The number of carbonyl (C=O) groups is 1. The van der Waals surface area contributed by atoms with Crippen molar-refractivity contribution in [3.63, 3.8) is 0 Å². The van der Waals surface area contributed by atoms with E-state index in [0.29, 0.717) is 5.75 Å². The van der Waals surface area contributed by atoms with Gasteiger partial charge in [0.05, 0.1) is 25.7 Å². The molecular weight excluding hydrogens is 346 g/mol. The Morgan fingerprint density at radius 1 is 1.16 bits per heavy atom. The standard InChI is InChI=1S/C16H19N3O5S/c1-23-14-6-5-13(8-15(14)24-2)25(21,22)19-11-16(20)18-10-12-4-3-7-17-9-12/h3-9,19H,10-11H2,1-2H3,(H,18,20). The maximum atomic E-state index is 12.3. The molecule has 25 heavy (non-hydrogen) atoms. The van der Waals surface area contributed by atoms with E-state index in [9.17, 15) is 13.2 Å². The second-order valence-corrected chi connectivity index (χ2v) is 6.75. The predicted octanol–water partition coefficient (Wildman–Crippen LogP) is 0.693. The quantitative estimate of drug-likeness (QED) is 0.713. The molecule has 0 radical (unpaired) electrons. The van der Waals surface area contributed by atoms with Crippen molar-refractivity contribution in [2.24, 2.45) is 0 Å². The topological polar surface area (TPSA) is 107 Å². The number of aromatic nitrogens is 1. The lowest BCUT2D eigenvalue weighted by molar-refractivity contribution is -0.120. The molecule has 1 heterocycles. The van der Waals surface area contributed by atoms with Crippen LogP contribution in [0.5, 0.6) is 11.5 Å². The molecule has 0 atom stereocenters. The summed E-state index contributed by atoms with van der Waals surface area (Å²) in [4.78, 5) is 15.7. The van der Waals surface area contributed by atoms with Gasteiger partial charge >= 0.3 is 0 Å². The van der Waals surface area contributed by atoms with Crippen molar-refractivity contribution in [3.8, 4) is 11.5 Å². The zero-order valence-electron chi connectivity index (χ0n) is 13.9. The molecule has 134 valence electrons. The summed E-state index contributed by atoms with van der Waals surface area (Å²) in [7, 11) is -0.989. The first-order valence-electron chi connectivity index (χ1n) is 7.33. The van der Waals surface area contributed by atoms with Crippen LogP contribution in [0.4, 0.5) is 0 Å². The van der Waals surface area contributed by atoms with Gasteiger partial charge in [0.1, 0.15) is 0 Å². The number of nitrogens with one attached hydrogen (secondary N) is 2. The molecule has 1 amide bonds. The van der Waals surface area contributed by atoms with Crippen LogP contribution < -0.4 is 19.5 Å². The molecule has 1 aromatic carbocycles. The number of pyridine rings is 1. The van der Waals surface area contributed by atoms with E-state index >= 15 is 0 Å². The van der Waals surface area contributed by atoms with E-state index in [4.69, 9.17) is 9.47 Å². The highest BCUT2D eigenvalue weighted by Crippen LogP contribution is 2.29. The van der Waals surface area contributed by atoms with Crippen LogP contribution in [-0.2, 0) is 21.4 Å². The van der Waals surface area contributed by atoms with E-state index in [2.05, 4.69) is 15.0 Å². The van der Waals surface area contributed by atoms with E-state index in [-0.39, 0.29) is 23.7 Å². The predicted molar refractivity (Wildman–Crippen MR) is 90.8 cm³/mol. The number of ether oxygens (including phenoxy) is 2. The molecule has 1 aromatic heterocycles. The summed E-state index contributed by atoms with van der Waals surface area (Å²) in [6.07, 6.45) is 3.25. The number of hydrogen-bond acceptors (Lipinski definition) is 6. The maximum absolute atomic E-state index is 12.3. The molecule has 0 aliphatic rings. The van der Waals surface area contributed by atoms with Gasteiger partial charge in [0.2, 0.25) is 15.9 Å². The zero-order chi connectivity index (χ0) is 18.3. The molecule has 9 heteroatoms. The Balaban J connectivity index is 1.95. The van der Waals surface area contributed by atoms with Crippen molar-refractivity contribution in [2.75, 3.05) is 20.8 Å². The Labute approximate surface area is 146 Å². The van der Waals surface area contributed by atoms with Crippen molar-refractivity contribution < 1.29 is 22.7 Å². The summed E-state index contributed by atoms with van der Waals surface area (Å²) in [6.45, 7) is -0.109. The van der Waals surface area contributed by atoms with Crippen LogP contribution in [-0.4, -0.2) is 40.1 Å². The average Bonchev–Trinajstić information content (AvgIpc) is 2.65. The first-order valence-corrected chi connectivity index (χ1v) is 8.82. The minimum atomic E-state index is -3.85. The van der Waals surface area contributed by atoms with Crippen molar-refractivity contribution in [2.45, 2.75) is 11.4 Å². The highest BCUT2D eigenvalue weighted by Gasteiger charge is 2.18. The molecule has 2 aromatic rings. The number of amides is 1. The van der Waals surface area contributed by atoms with Gasteiger partial charge in [-0.3, -0.25) is 9.78 Å². The Bertz CT molecular complexity index is 825. The lowest BCUT2D eigenvalue weighted by atomic mass is 10.3. The van der Waals surface area contributed by atoms with Crippen molar-refractivity contribution in [3.05, 3.63) is 48.3 Å². The van der Waals surface area contributed by atoms with Crippen LogP contribution >= 0.6 is 0 Å². The molecule has 0 bridgehead atoms. The molecule has 8 nitrogen and oxygen atoms in total. The number of nitrogens with zero attached hydrogens (tertiary/aromatic N) is 1. The molecular formula is C16H19N3O5S. The third kappa shape index (κ3) is 5.16. The first-order chi connectivity index (χ1) is 12.0. The fraction of sp³-hybridized carbons (Fsp3) is 0.250. The lowest BCUT2D eigenvalue weighted by Gasteiger charge is -2.11. The SMILES string of the molecule is COc1ccc(S(=O)(=O)NCC(=O)NCc2cccnc2)cc1OC. The summed E-state index contributed by atoms with van der Waals surface area (Å²) in [5.74, 6) is 0.245. The monoisotopic (exact) mass is 365 g/mol. The molecule has 0 spiro atoms. The van der Waals surface area contributed by atoms with Gasteiger partial charge in [0.25, 0.3) is 0 Å². The van der Waals surface area contributed by atoms with E-state index in [0.717, 1.165) is 5.56 Å². The van der Waals surface area contributed by atoms with Crippen LogP contribution in [0.3, 0.4) is 0 Å². The van der Waals surface area contributed by atoms with Gasteiger partial charge in [-0.1, -0.05) is 6.07 Å². The Kier molecular flexibility index (Phi) is 6.31. The summed E-state index contributed by atoms with van der Waals surface area (Å²) < 4.78 is 37.0. The minimum Gasteiger partial charge on any atom is -0.493 e. The van der Waals surface area contributed by atoms with Gasteiger partial charge in [-0.2, -0.15) is 0 Å². The summed E-state index contributed by atoms with van der Waals surface area (Å²) in [6, 6.07) is 7.74. The zero-order valence-corrected chi connectivity index (χ0v) is 14.7. The highest BCUT2D eigenvalue weighted by molar-refractivity contribution is 7.89. The number of rotatable bonds is 8. The van der Waals surface area contributed by atoms with Gasteiger partial charge < -0.3 is 14.8 Å². The van der Waals surface area contributed by atoms with Gasteiger partial charge in [-0.15, -0.1) is 0 Å². The summed E-state index contributed by atoms with van der Waals surface area (Å²) in [5, 5.41) is 2.61. The molecule has 0 aliphatic carbocycles. The smallest absolute Gasteiger partial charge is 0.241 e. The van der Waals surface area contributed by atoms with E-state index < -0.39 is 15.9 Å². The third-order valence-corrected chi connectivity index (χ3v) is 4.70. The number of carbonyl (C=O) groups excluding carboxylic acids is 1. The number of benzene rings is 1. The van der Waals surface area contributed by atoms with Crippen LogP contribution in [0.25, 0.3) is 0 Å². The van der Waals surface area contributed by atoms with Crippen molar-refractivity contribution in [1.82, 2.24) is 15.0 Å². The Hall–Kier alpha value is -2.65. The van der Waals surface area contributed by atoms with Crippen molar-refractivity contribution >= 4 is 15.9 Å². The molecule has 0 aliphatic heterocycles. The molecule has 0 fully saturated rings. The maximum Gasteiger partial charge on any atom is 0.241 e. The molecule has 2 N–H and O–H groups in total. The van der Waals surface area contributed by atoms with E-state index in [1.54, 1.807) is 24.5 Å². The molecule has 0 saturated carbocycles. The van der Waals surface area contributed by atoms with E-state index in [1.165, 1.54) is 32.4 Å². The van der Waals surface area contributed by atoms with Crippen LogP contribution in [0.15, 0.2) is 47.6 Å². The minimum absolute atomic E-state index is 0.0230. The number of methoxy groups -OCH3 is 2. The second-order valence-electron chi connectivity index (χ2n) is 4.98. The normalized spacial score (nSPS) is 11.0. The van der Waals surface area contributed by atoms with Crippen LogP contribution in [0, 0.1) is 0 Å². The fourth-order valence-corrected chi connectivity index (χ4v) is 2.99. The summed E-state index contributed by atoms with van der Waals surface area (Å²) in [5.41, 5.74) is 0.818. The lowest BCUT2D eigenvalue weighted by Crippen LogP contribution is -2.36. The van der Waals surface area contributed by atoms with Crippen LogP contribution in [0.1, 0.15) is 5.56 Å². The molecule has 0 unspecified atom stereocenters. The van der Waals surface area contributed by atoms with E-state index in [1.807, 2.05) is 0 Å². The largest absolute Gasteiger partial charge is 0.493 e. The third-order valence-electron chi connectivity index (χ3n) is 3.30. The first kappa shape index (κ1) is 18.7. The Morgan fingerprint density at radius 2 is 1.92 bits per heavy atom. The van der Waals surface area contributed by atoms with Gasteiger partial charge in [-0.25, -0.2) is 13.1 Å². The molecule has 2 rings (SSSR count). The Morgan fingerprint density at radius 3 is 2.56 bits per heavy atom. The highest BCUT2D eigenvalue weighted by atomic mass is 32.2. The van der Waals surface area contributed by atoms with Crippen LogP contribution in [0.2, 0.25) is 0 Å². The second kappa shape index (κ2) is 8.45.